The summed E-state index contributed by atoms with van der Waals surface area (Å²) in [6, 6.07) is 5.03. The Balaban J connectivity index is 1.36. The van der Waals surface area contributed by atoms with E-state index in [1.54, 1.807) is 23.2 Å². The third-order valence-corrected chi connectivity index (χ3v) is 5.53. The first-order valence-electron chi connectivity index (χ1n) is 10.1. The second kappa shape index (κ2) is 8.76. The van der Waals surface area contributed by atoms with Gasteiger partial charge in [0.15, 0.2) is 5.69 Å². The monoisotopic (exact) mass is 418 g/mol. The molecular weight excluding hydrogens is 394 g/mol. The van der Waals surface area contributed by atoms with Gasteiger partial charge in [-0.25, -0.2) is 18.3 Å². The summed E-state index contributed by atoms with van der Waals surface area (Å²) in [5.74, 6) is -0.497. The van der Waals surface area contributed by atoms with Crippen molar-refractivity contribution in [3.8, 4) is 0 Å². The Morgan fingerprint density at radius 2 is 1.90 bits per heavy atom. The van der Waals surface area contributed by atoms with Gasteiger partial charge in [-0.2, -0.15) is 0 Å². The third-order valence-electron chi connectivity index (χ3n) is 5.53. The van der Waals surface area contributed by atoms with Gasteiger partial charge in [-0.1, -0.05) is 17.3 Å². The fourth-order valence-electron chi connectivity index (χ4n) is 3.95. The van der Waals surface area contributed by atoms with Gasteiger partial charge < -0.3 is 15.1 Å². The van der Waals surface area contributed by atoms with Crippen LogP contribution in [0.3, 0.4) is 0 Å². The molecule has 2 aliphatic heterocycles. The molecule has 0 bridgehead atoms. The quantitative estimate of drug-likeness (QED) is 0.805. The van der Waals surface area contributed by atoms with Crippen LogP contribution in [0.15, 0.2) is 30.5 Å². The lowest BCUT2D eigenvalue weighted by Crippen LogP contribution is -2.44. The van der Waals surface area contributed by atoms with Crippen LogP contribution in [-0.2, 0) is 13.1 Å². The van der Waals surface area contributed by atoms with Crippen molar-refractivity contribution in [2.24, 2.45) is 0 Å². The van der Waals surface area contributed by atoms with Crippen molar-refractivity contribution in [2.45, 2.75) is 44.6 Å². The summed E-state index contributed by atoms with van der Waals surface area (Å²) in [5.41, 5.74) is 1.01. The average molecular weight is 418 g/mol. The number of halogens is 2. The standard InChI is InChI=1S/C20H24F2N6O2/c21-15-5-3-14(4-6-15)10-23-20(30)28-11-16(22)9-17(28)12-27-13-18(24-25-27)19(29)26-7-1-2-8-26/h3-6,13,16-17H,1-2,7-12H2,(H,23,30). The van der Waals surface area contributed by atoms with Crippen LogP contribution in [0.1, 0.15) is 35.3 Å². The molecule has 1 aromatic carbocycles. The molecule has 2 fully saturated rings. The number of likely N-dealkylation sites (tertiary alicyclic amines) is 2. The van der Waals surface area contributed by atoms with Crippen molar-refractivity contribution in [2.75, 3.05) is 19.6 Å². The number of carbonyl (C=O) groups excluding carboxylic acids is 2. The number of nitrogens with one attached hydrogen (secondary N) is 1. The van der Waals surface area contributed by atoms with Crippen LogP contribution >= 0.6 is 0 Å². The van der Waals surface area contributed by atoms with Crippen molar-refractivity contribution in [3.05, 3.63) is 47.5 Å². The number of aromatic nitrogens is 3. The molecule has 30 heavy (non-hydrogen) atoms. The molecule has 2 saturated heterocycles. The average Bonchev–Trinajstić information content (AvgIpc) is 3.48. The van der Waals surface area contributed by atoms with Crippen LogP contribution in [0.5, 0.6) is 0 Å². The highest BCUT2D eigenvalue weighted by molar-refractivity contribution is 5.92. The predicted octanol–water partition coefficient (Wildman–Crippen LogP) is 1.98. The minimum Gasteiger partial charge on any atom is -0.337 e. The van der Waals surface area contributed by atoms with Crippen LogP contribution in [0, 0.1) is 5.82 Å². The highest BCUT2D eigenvalue weighted by atomic mass is 19.1. The molecule has 1 N–H and O–H groups in total. The fraction of sp³-hybridized carbons (Fsp3) is 0.500. The molecule has 0 spiro atoms. The van der Waals surface area contributed by atoms with E-state index in [1.165, 1.54) is 21.7 Å². The number of urea groups is 1. The summed E-state index contributed by atoms with van der Waals surface area (Å²) >= 11 is 0. The topological polar surface area (TPSA) is 83.4 Å². The number of amides is 3. The van der Waals surface area contributed by atoms with Gasteiger partial charge in [-0.15, -0.1) is 5.10 Å². The van der Waals surface area contributed by atoms with Crippen molar-refractivity contribution >= 4 is 11.9 Å². The molecule has 0 radical (unpaired) electrons. The second-order valence-corrected chi connectivity index (χ2v) is 7.75. The van der Waals surface area contributed by atoms with Crippen LogP contribution in [0.4, 0.5) is 13.6 Å². The smallest absolute Gasteiger partial charge is 0.318 e. The first-order chi connectivity index (χ1) is 14.5. The number of rotatable bonds is 5. The fourth-order valence-corrected chi connectivity index (χ4v) is 3.95. The van der Waals surface area contributed by atoms with Crippen molar-refractivity contribution in [1.29, 1.82) is 0 Å². The molecule has 10 heteroatoms. The number of hydrogen-bond donors (Lipinski definition) is 1. The van der Waals surface area contributed by atoms with Crippen molar-refractivity contribution in [3.63, 3.8) is 0 Å². The van der Waals surface area contributed by atoms with Gasteiger partial charge in [0.1, 0.15) is 12.0 Å². The summed E-state index contributed by atoms with van der Waals surface area (Å²) in [6.07, 6.45) is 2.60. The van der Waals surface area contributed by atoms with Gasteiger partial charge in [0, 0.05) is 26.1 Å². The molecule has 2 unspecified atom stereocenters. The van der Waals surface area contributed by atoms with E-state index in [0.717, 1.165) is 31.5 Å². The lowest BCUT2D eigenvalue weighted by Gasteiger charge is -2.24. The Bertz CT molecular complexity index is 897. The summed E-state index contributed by atoms with van der Waals surface area (Å²) in [4.78, 5) is 28.2. The first kappa shape index (κ1) is 20.2. The Hall–Kier alpha value is -3.04. The zero-order valence-electron chi connectivity index (χ0n) is 16.5. The van der Waals surface area contributed by atoms with Gasteiger partial charge in [0.25, 0.3) is 5.91 Å². The molecule has 1 aromatic heterocycles. The van der Waals surface area contributed by atoms with E-state index >= 15 is 0 Å². The van der Waals surface area contributed by atoms with E-state index in [1.807, 2.05) is 0 Å². The summed E-state index contributed by atoms with van der Waals surface area (Å²) in [7, 11) is 0. The minimum absolute atomic E-state index is 0.00577. The third kappa shape index (κ3) is 4.58. The maximum Gasteiger partial charge on any atom is 0.318 e. The van der Waals surface area contributed by atoms with Crippen LogP contribution < -0.4 is 5.32 Å². The maximum absolute atomic E-state index is 14.1. The predicted molar refractivity (Wildman–Crippen MR) is 104 cm³/mol. The maximum atomic E-state index is 14.1. The number of alkyl halides is 1. The molecule has 2 atom stereocenters. The van der Waals surface area contributed by atoms with Crippen LogP contribution in [0.25, 0.3) is 0 Å². The van der Waals surface area contributed by atoms with Gasteiger partial charge >= 0.3 is 6.03 Å². The van der Waals surface area contributed by atoms with Gasteiger partial charge in [0.05, 0.1) is 25.3 Å². The Morgan fingerprint density at radius 1 is 1.17 bits per heavy atom. The Morgan fingerprint density at radius 3 is 2.63 bits per heavy atom. The normalized spacial score (nSPS) is 21.3. The number of hydrogen-bond acceptors (Lipinski definition) is 4. The van der Waals surface area contributed by atoms with Gasteiger partial charge in [-0.05, 0) is 30.5 Å². The lowest BCUT2D eigenvalue weighted by atomic mass is 10.2. The Kier molecular flexibility index (Phi) is 5.91. The molecule has 2 aliphatic rings. The molecule has 0 saturated carbocycles. The van der Waals surface area contributed by atoms with E-state index in [2.05, 4.69) is 15.6 Å². The van der Waals surface area contributed by atoms with Crippen LogP contribution in [-0.4, -0.2) is 68.6 Å². The minimum atomic E-state index is -1.12. The van der Waals surface area contributed by atoms with E-state index < -0.39 is 18.2 Å². The van der Waals surface area contributed by atoms with E-state index in [9.17, 15) is 18.4 Å². The zero-order chi connectivity index (χ0) is 21.1. The molecule has 3 amide bonds. The first-order valence-corrected chi connectivity index (χ1v) is 10.1. The van der Waals surface area contributed by atoms with E-state index in [-0.39, 0.29) is 43.5 Å². The summed E-state index contributed by atoms with van der Waals surface area (Å²) in [5, 5.41) is 10.7. The molecule has 2 aromatic rings. The Labute approximate surface area is 172 Å². The molecule has 3 heterocycles. The van der Waals surface area contributed by atoms with Gasteiger partial charge in [-0.3, -0.25) is 4.79 Å². The van der Waals surface area contributed by atoms with Crippen molar-refractivity contribution in [1.82, 2.24) is 30.1 Å². The second-order valence-electron chi connectivity index (χ2n) is 7.75. The largest absolute Gasteiger partial charge is 0.337 e. The highest BCUT2D eigenvalue weighted by Gasteiger charge is 2.36. The molecular formula is C20H24F2N6O2. The van der Waals surface area contributed by atoms with Crippen LogP contribution in [0.2, 0.25) is 0 Å². The van der Waals surface area contributed by atoms with Gasteiger partial charge in [0.2, 0.25) is 0 Å². The molecule has 160 valence electrons. The molecule has 8 nitrogen and oxygen atoms in total. The van der Waals surface area contributed by atoms with E-state index in [0.29, 0.717) is 0 Å². The summed E-state index contributed by atoms with van der Waals surface area (Å²) < 4.78 is 28.6. The summed E-state index contributed by atoms with van der Waals surface area (Å²) in [6.45, 7) is 1.91. The molecule has 4 rings (SSSR count). The number of carbonyl (C=O) groups is 2. The van der Waals surface area contributed by atoms with E-state index in [4.69, 9.17) is 0 Å². The number of nitrogens with zero attached hydrogens (tertiary/aromatic N) is 5. The SMILES string of the molecule is O=C(c1cn(CC2CC(F)CN2C(=O)NCc2ccc(F)cc2)nn1)N1CCCC1. The number of benzene rings is 1. The molecule has 0 aliphatic carbocycles. The zero-order valence-corrected chi connectivity index (χ0v) is 16.5. The highest BCUT2D eigenvalue weighted by Crippen LogP contribution is 2.22. The lowest BCUT2D eigenvalue weighted by molar-refractivity contribution is 0.0787. The van der Waals surface area contributed by atoms with Crippen molar-refractivity contribution < 1.29 is 18.4 Å².